The number of pyridine rings is 1. The van der Waals surface area contributed by atoms with Gasteiger partial charge in [-0.15, -0.1) is 0 Å². The summed E-state index contributed by atoms with van der Waals surface area (Å²) in [5.41, 5.74) is 5.52. The summed E-state index contributed by atoms with van der Waals surface area (Å²) >= 11 is 0. The molecule has 5 aromatic rings. The Balaban J connectivity index is 1.48. The van der Waals surface area contributed by atoms with Gasteiger partial charge in [0.15, 0.2) is 9.84 Å². The normalized spacial score (nSPS) is 13.8. The lowest BCUT2D eigenvalue weighted by atomic mass is 9.88. The quantitative estimate of drug-likeness (QED) is 0.214. The van der Waals surface area contributed by atoms with E-state index in [-0.39, 0.29) is 16.3 Å². The Morgan fingerprint density at radius 1 is 1.00 bits per heavy atom. The van der Waals surface area contributed by atoms with E-state index in [0.29, 0.717) is 16.8 Å². The van der Waals surface area contributed by atoms with Gasteiger partial charge < -0.3 is 10.3 Å². The lowest BCUT2D eigenvalue weighted by Gasteiger charge is -2.17. The molecule has 212 valence electrons. The van der Waals surface area contributed by atoms with Gasteiger partial charge in [0.1, 0.15) is 5.65 Å². The fourth-order valence-electron chi connectivity index (χ4n) is 5.22. The molecule has 0 saturated heterocycles. The topological polar surface area (TPSA) is 91.9 Å². The highest BCUT2D eigenvalue weighted by Crippen LogP contribution is 2.41. The lowest BCUT2D eigenvalue weighted by Crippen LogP contribution is -2.29. The summed E-state index contributed by atoms with van der Waals surface area (Å²) in [7, 11) is -3.57. The first-order chi connectivity index (χ1) is 20.1. The largest absolute Gasteiger partial charge is 0.471 e. The summed E-state index contributed by atoms with van der Waals surface area (Å²) in [5, 5.41) is 3.52. The summed E-state index contributed by atoms with van der Waals surface area (Å²) < 4.78 is 64.4. The molecule has 2 aromatic heterocycles. The van der Waals surface area contributed by atoms with Crippen molar-refractivity contribution in [1.29, 1.82) is 0 Å². The Hall–Kier alpha value is -4.70. The van der Waals surface area contributed by atoms with Gasteiger partial charge >= 0.3 is 12.1 Å². The number of H-pyrrole nitrogens is 1. The minimum Gasteiger partial charge on any atom is -0.339 e. The summed E-state index contributed by atoms with van der Waals surface area (Å²) in [4.78, 5) is 19.6. The van der Waals surface area contributed by atoms with Crippen molar-refractivity contribution in [3.63, 3.8) is 0 Å². The number of benzene rings is 3. The van der Waals surface area contributed by atoms with Crippen LogP contribution in [0.1, 0.15) is 24.0 Å². The number of fused-ring (bicyclic) bond motifs is 3. The maximum absolute atomic E-state index is 13.1. The molecule has 0 atom stereocenters. The van der Waals surface area contributed by atoms with Crippen LogP contribution >= 0.6 is 0 Å². The summed E-state index contributed by atoms with van der Waals surface area (Å²) in [6, 6.07) is 20.0. The van der Waals surface area contributed by atoms with Crippen LogP contribution < -0.4 is 5.32 Å². The molecular formula is C32H24F3N3O3S. The van der Waals surface area contributed by atoms with E-state index in [4.69, 9.17) is 0 Å². The Morgan fingerprint density at radius 2 is 1.76 bits per heavy atom. The van der Waals surface area contributed by atoms with Crippen molar-refractivity contribution in [2.24, 2.45) is 0 Å². The first-order valence-electron chi connectivity index (χ1n) is 13.2. The van der Waals surface area contributed by atoms with Gasteiger partial charge in [-0.05, 0) is 71.5 Å². The number of aromatic nitrogens is 2. The fraction of sp³-hybridized carbons (Fsp3) is 0.125. The van der Waals surface area contributed by atoms with Gasteiger partial charge in [-0.2, -0.15) is 13.2 Å². The monoisotopic (exact) mass is 587 g/mol. The molecule has 6 nitrogen and oxygen atoms in total. The highest BCUT2D eigenvalue weighted by molar-refractivity contribution is 7.90. The van der Waals surface area contributed by atoms with Crippen LogP contribution in [0.15, 0.2) is 102 Å². The number of allylic oxidation sites excluding steroid dienone is 4. The van der Waals surface area contributed by atoms with Crippen LogP contribution in [0.4, 0.5) is 18.9 Å². The highest BCUT2D eigenvalue weighted by atomic mass is 32.2. The van der Waals surface area contributed by atoms with Gasteiger partial charge in [0.2, 0.25) is 0 Å². The third-order valence-electron chi connectivity index (χ3n) is 7.19. The molecule has 2 N–H and O–H groups in total. The van der Waals surface area contributed by atoms with E-state index in [1.165, 1.54) is 12.1 Å². The standard InChI is InChI=1S/C32H24F3N3O3S/c33-32(34,35)31(39)37-23-14-12-21(13-15-23)26-18-36-30-29(28(26)22-7-3-1-4-8-22)25-17-20(11-16-27(25)38-30)19-42(40,41)24-9-5-2-6-10-24/h1-3,5-7,9-18H,4,8,19H2,(H,36,38)(H,37,39). The minimum atomic E-state index is -4.99. The molecule has 0 radical (unpaired) electrons. The van der Waals surface area contributed by atoms with E-state index in [1.54, 1.807) is 54.7 Å². The van der Waals surface area contributed by atoms with Crippen molar-refractivity contribution >= 4 is 48.9 Å². The Labute approximate surface area is 239 Å². The van der Waals surface area contributed by atoms with Crippen molar-refractivity contribution in [2.45, 2.75) is 29.7 Å². The van der Waals surface area contributed by atoms with Crippen LogP contribution in [0.25, 0.3) is 38.6 Å². The number of carbonyl (C=O) groups is 1. The average molecular weight is 588 g/mol. The molecule has 0 aliphatic heterocycles. The number of hydrogen-bond donors (Lipinski definition) is 2. The molecule has 0 saturated carbocycles. The maximum Gasteiger partial charge on any atom is 0.471 e. The van der Waals surface area contributed by atoms with E-state index in [9.17, 15) is 26.4 Å². The van der Waals surface area contributed by atoms with Crippen molar-refractivity contribution in [3.05, 3.63) is 108 Å². The number of nitrogens with one attached hydrogen (secondary N) is 2. The highest BCUT2D eigenvalue weighted by Gasteiger charge is 2.38. The predicted octanol–water partition coefficient (Wildman–Crippen LogP) is 7.59. The molecule has 0 fully saturated rings. The van der Waals surface area contributed by atoms with E-state index in [2.05, 4.69) is 16.0 Å². The molecule has 6 rings (SSSR count). The Bertz CT molecular complexity index is 1990. The second-order valence-corrected chi connectivity index (χ2v) is 12.0. The van der Waals surface area contributed by atoms with Crippen molar-refractivity contribution in [3.8, 4) is 11.1 Å². The molecule has 42 heavy (non-hydrogen) atoms. The average Bonchev–Trinajstić information content (AvgIpc) is 3.35. The fourth-order valence-corrected chi connectivity index (χ4v) is 6.58. The van der Waals surface area contributed by atoms with Crippen LogP contribution in [-0.2, 0) is 20.4 Å². The lowest BCUT2D eigenvalue weighted by molar-refractivity contribution is -0.167. The predicted molar refractivity (Wildman–Crippen MR) is 157 cm³/mol. The number of halogens is 3. The summed E-state index contributed by atoms with van der Waals surface area (Å²) in [6.45, 7) is 0. The second kappa shape index (κ2) is 10.6. The first kappa shape index (κ1) is 27.5. The number of sulfone groups is 1. The van der Waals surface area contributed by atoms with Gasteiger partial charge in [0.25, 0.3) is 0 Å². The van der Waals surface area contributed by atoms with Gasteiger partial charge in [0, 0.05) is 33.7 Å². The third-order valence-corrected chi connectivity index (χ3v) is 8.89. The van der Waals surface area contributed by atoms with Gasteiger partial charge in [-0.1, -0.05) is 54.6 Å². The summed E-state index contributed by atoms with van der Waals surface area (Å²) in [5.74, 6) is -2.21. The third kappa shape index (κ3) is 5.33. The first-order valence-corrected chi connectivity index (χ1v) is 14.8. The van der Waals surface area contributed by atoms with Crippen LogP contribution in [0, 0.1) is 0 Å². The van der Waals surface area contributed by atoms with Crippen molar-refractivity contribution < 1.29 is 26.4 Å². The van der Waals surface area contributed by atoms with E-state index < -0.39 is 21.9 Å². The number of aromatic amines is 1. The number of carbonyl (C=O) groups excluding carboxylic acids is 1. The van der Waals surface area contributed by atoms with Gasteiger partial charge in [-0.25, -0.2) is 13.4 Å². The molecule has 1 aliphatic carbocycles. The molecule has 1 amide bonds. The van der Waals surface area contributed by atoms with Crippen LogP contribution in [-0.4, -0.2) is 30.5 Å². The molecule has 0 unspecified atom stereocenters. The number of rotatable bonds is 6. The molecular weight excluding hydrogens is 563 g/mol. The van der Waals surface area contributed by atoms with E-state index >= 15 is 0 Å². The molecule has 1 aliphatic rings. The number of hydrogen-bond acceptors (Lipinski definition) is 4. The zero-order valence-electron chi connectivity index (χ0n) is 22.1. The molecule has 2 heterocycles. The minimum absolute atomic E-state index is 0.0211. The number of amides is 1. The number of nitrogens with zero attached hydrogens (tertiary/aromatic N) is 1. The zero-order valence-corrected chi connectivity index (χ0v) is 22.9. The van der Waals surface area contributed by atoms with E-state index in [0.717, 1.165) is 45.8 Å². The van der Waals surface area contributed by atoms with Crippen molar-refractivity contribution in [2.75, 3.05) is 5.32 Å². The molecule has 10 heteroatoms. The maximum atomic E-state index is 13.1. The zero-order chi connectivity index (χ0) is 29.5. The summed E-state index contributed by atoms with van der Waals surface area (Å²) in [6.07, 6.45) is 4.41. The molecule has 0 bridgehead atoms. The van der Waals surface area contributed by atoms with Gasteiger partial charge in [-0.3, -0.25) is 4.79 Å². The number of alkyl halides is 3. The van der Waals surface area contributed by atoms with E-state index in [1.807, 2.05) is 29.6 Å². The Morgan fingerprint density at radius 3 is 2.45 bits per heavy atom. The van der Waals surface area contributed by atoms with Crippen molar-refractivity contribution in [1.82, 2.24) is 9.97 Å². The Kier molecular flexibility index (Phi) is 6.94. The van der Waals surface area contributed by atoms with Crippen LogP contribution in [0.2, 0.25) is 0 Å². The molecule has 0 spiro atoms. The smallest absolute Gasteiger partial charge is 0.339 e. The SMILES string of the molecule is O=C(Nc1ccc(-c2cnc3[nH]c4ccc(CS(=O)(=O)c5ccccc5)cc4c3c2C2=CC=CCC2)cc1)C(F)(F)F. The second-order valence-electron chi connectivity index (χ2n) is 10.0. The number of anilines is 1. The van der Waals surface area contributed by atoms with Crippen LogP contribution in [0.5, 0.6) is 0 Å². The van der Waals surface area contributed by atoms with Crippen LogP contribution in [0.3, 0.4) is 0 Å². The van der Waals surface area contributed by atoms with Gasteiger partial charge in [0.05, 0.1) is 10.6 Å². The molecule has 3 aromatic carbocycles.